The van der Waals surface area contributed by atoms with E-state index in [9.17, 15) is 9.59 Å². The predicted octanol–water partition coefficient (Wildman–Crippen LogP) is 3.89. The van der Waals surface area contributed by atoms with Crippen LogP contribution in [0.1, 0.15) is 59.8 Å². The summed E-state index contributed by atoms with van der Waals surface area (Å²) in [6, 6.07) is 0. The van der Waals surface area contributed by atoms with E-state index >= 15 is 0 Å². The molecule has 0 bridgehead atoms. The number of likely N-dealkylation sites (tertiary alicyclic amines) is 2. The van der Waals surface area contributed by atoms with Crippen LogP contribution < -0.4 is 0 Å². The van der Waals surface area contributed by atoms with Gasteiger partial charge < -0.3 is 19.3 Å². The standard InChI is InChI=1S/C19H34N2O4/c1-5-24-17(22)21-10-6-7-16(14-21)13-15-8-11-20(12-9-15)18(23)25-19(2,3)4/h15-16H,5-14H2,1-4H3/t16-/m1/s1. The molecule has 1 atom stereocenters. The summed E-state index contributed by atoms with van der Waals surface area (Å²) >= 11 is 0. The van der Waals surface area contributed by atoms with Gasteiger partial charge in [-0.1, -0.05) is 0 Å². The van der Waals surface area contributed by atoms with Gasteiger partial charge in [0, 0.05) is 26.2 Å². The number of ether oxygens (including phenoxy) is 2. The summed E-state index contributed by atoms with van der Waals surface area (Å²) < 4.78 is 10.6. The summed E-state index contributed by atoms with van der Waals surface area (Å²) in [5, 5.41) is 0. The van der Waals surface area contributed by atoms with Crippen LogP contribution in [-0.4, -0.2) is 60.4 Å². The lowest BCUT2D eigenvalue weighted by atomic mass is 9.83. The van der Waals surface area contributed by atoms with Gasteiger partial charge >= 0.3 is 12.2 Å². The summed E-state index contributed by atoms with van der Waals surface area (Å²) in [6.45, 7) is 11.1. The molecule has 0 aromatic heterocycles. The van der Waals surface area contributed by atoms with Gasteiger partial charge in [0.1, 0.15) is 5.60 Å². The minimum atomic E-state index is -0.438. The van der Waals surface area contributed by atoms with Crippen LogP contribution in [0.4, 0.5) is 9.59 Å². The second-order valence-electron chi connectivity index (χ2n) is 8.30. The fraction of sp³-hybridized carbons (Fsp3) is 0.895. The van der Waals surface area contributed by atoms with Gasteiger partial charge in [0.25, 0.3) is 0 Å². The summed E-state index contributed by atoms with van der Waals surface area (Å²) in [5.74, 6) is 1.18. The highest BCUT2D eigenvalue weighted by atomic mass is 16.6. The molecule has 2 fully saturated rings. The van der Waals surface area contributed by atoms with E-state index in [-0.39, 0.29) is 12.2 Å². The zero-order valence-electron chi connectivity index (χ0n) is 16.3. The maximum Gasteiger partial charge on any atom is 0.410 e. The quantitative estimate of drug-likeness (QED) is 0.771. The number of amides is 2. The van der Waals surface area contributed by atoms with Gasteiger partial charge in [-0.05, 0) is 71.6 Å². The summed E-state index contributed by atoms with van der Waals surface area (Å²) in [5.41, 5.74) is -0.438. The van der Waals surface area contributed by atoms with Gasteiger partial charge in [0.2, 0.25) is 0 Å². The van der Waals surface area contributed by atoms with Gasteiger partial charge in [-0.25, -0.2) is 9.59 Å². The van der Waals surface area contributed by atoms with Crippen LogP contribution in [0.15, 0.2) is 0 Å². The lowest BCUT2D eigenvalue weighted by Crippen LogP contribution is -2.43. The largest absolute Gasteiger partial charge is 0.450 e. The van der Waals surface area contributed by atoms with Crippen LogP contribution in [0, 0.1) is 11.8 Å². The zero-order valence-corrected chi connectivity index (χ0v) is 16.3. The molecule has 0 aromatic rings. The minimum Gasteiger partial charge on any atom is -0.450 e. The maximum absolute atomic E-state index is 12.1. The van der Waals surface area contributed by atoms with Crippen molar-refractivity contribution in [2.24, 2.45) is 11.8 Å². The number of carbonyl (C=O) groups excluding carboxylic acids is 2. The first-order chi connectivity index (χ1) is 11.8. The van der Waals surface area contributed by atoms with Crippen molar-refractivity contribution < 1.29 is 19.1 Å². The van der Waals surface area contributed by atoms with Crippen LogP contribution in [0.2, 0.25) is 0 Å². The molecule has 2 rings (SSSR count). The van der Waals surface area contributed by atoms with E-state index in [0.717, 1.165) is 51.9 Å². The molecule has 0 radical (unpaired) electrons. The molecular weight excluding hydrogens is 320 g/mol. The van der Waals surface area contributed by atoms with Crippen molar-refractivity contribution in [2.45, 2.75) is 65.4 Å². The molecule has 0 spiro atoms. The Labute approximate surface area is 151 Å². The van der Waals surface area contributed by atoms with Crippen LogP contribution in [0.3, 0.4) is 0 Å². The highest BCUT2D eigenvalue weighted by Crippen LogP contribution is 2.30. The van der Waals surface area contributed by atoms with Gasteiger partial charge in [0.05, 0.1) is 6.61 Å². The average molecular weight is 354 g/mol. The van der Waals surface area contributed by atoms with Crippen molar-refractivity contribution in [2.75, 3.05) is 32.8 Å². The molecule has 0 N–H and O–H groups in total. The molecule has 0 saturated carbocycles. The molecule has 0 unspecified atom stereocenters. The lowest BCUT2D eigenvalue weighted by Gasteiger charge is -2.37. The van der Waals surface area contributed by atoms with E-state index in [0.29, 0.717) is 18.4 Å². The number of hydrogen-bond acceptors (Lipinski definition) is 4. The molecule has 0 aliphatic carbocycles. The van der Waals surface area contributed by atoms with E-state index in [4.69, 9.17) is 9.47 Å². The minimum absolute atomic E-state index is 0.174. The Kier molecular flexibility index (Phi) is 6.96. The number of rotatable bonds is 3. The van der Waals surface area contributed by atoms with Crippen LogP contribution in [-0.2, 0) is 9.47 Å². The number of nitrogens with zero attached hydrogens (tertiary/aromatic N) is 2. The average Bonchev–Trinajstić information content (AvgIpc) is 2.54. The fourth-order valence-electron chi connectivity index (χ4n) is 3.79. The Balaban J connectivity index is 1.74. The van der Waals surface area contributed by atoms with Crippen molar-refractivity contribution in [3.63, 3.8) is 0 Å². The van der Waals surface area contributed by atoms with E-state index in [1.807, 2.05) is 37.5 Å². The smallest absolute Gasteiger partial charge is 0.410 e. The summed E-state index contributed by atoms with van der Waals surface area (Å²) in [7, 11) is 0. The van der Waals surface area contributed by atoms with E-state index in [1.165, 1.54) is 6.42 Å². The van der Waals surface area contributed by atoms with Crippen molar-refractivity contribution in [1.29, 1.82) is 0 Å². The molecular formula is C19H34N2O4. The Hall–Kier alpha value is -1.46. The zero-order chi connectivity index (χ0) is 18.4. The Morgan fingerprint density at radius 3 is 2.24 bits per heavy atom. The fourth-order valence-corrected chi connectivity index (χ4v) is 3.79. The third-order valence-electron chi connectivity index (χ3n) is 4.98. The second-order valence-corrected chi connectivity index (χ2v) is 8.30. The van der Waals surface area contributed by atoms with Crippen molar-refractivity contribution >= 4 is 12.2 Å². The molecule has 2 saturated heterocycles. The molecule has 25 heavy (non-hydrogen) atoms. The van der Waals surface area contributed by atoms with Crippen molar-refractivity contribution in [3.8, 4) is 0 Å². The number of hydrogen-bond donors (Lipinski definition) is 0. The van der Waals surface area contributed by atoms with Crippen molar-refractivity contribution in [3.05, 3.63) is 0 Å². The third-order valence-corrected chi connectivity index (χ3v) is 4.98. The van der Waals surface area contributed by atoms with E-state index < -0.39 is 5.60 Å². The Bertz CT molecular complexity index is 453. The van der Waals surface area contributed by atoms with E-state index in [1.54, 1.807) is 0 Å². The first kappa shape index (κ1) is 19.9. The molecule has 2 heterocycles. The Morgan fingerprint density at radius 2 is 1.64 bits per heavy atom. The molecule has 0 aromatic carbocycles. The molecule has 144 valence electrons. The topological polar surface area (TPSA) is 59.1 Å². The number of piperidine rings is 2. The molecule has 6 heteroatoms. The van der Waals surface area contributed by atoms with Gasteiger partial charge in [-0.3, -0.25) is 0 Å². The molecule has 6 nitrogen and oxygen atoms in total. The van der Waals surface area contributed by atoms with Gasteiger partial charge in [-0.2, -0.15) is 0 Å². The lowest BCUT2D eigenvalue weighted by molar-refractivity contribution is 0.0167. The first-order valence-electron chi connectivity index (χ1n) is 9.68. The molecule has 2 aliphatic heterocycles. The van der Waals surface area contributed by atoms with Gasteiger partial charge in [0.15, 0.2) is 0 Å². The van der Waals surface area contributed by atoms with Gasteiger partial charge in [-0.15, -0.1) is 0 Å². The molecule has 2 aliphatic rings. The number of carbonyl (C=O) groups is 2. The molecule has 2 amide bonds. The summed E-state index contributed by atoms with van der Waals surface area (Å²) in [6.07, 6.45) is 5.05. The summed E-state index contributed by atoms with van der Waals surface area (Å²) in [4.78, 5) is 27.7. The van der Waals surface area contributed by atoms with Crippen LogP contribution in [0.25, 0.3) is 0 Å². The van der Waals surface area contributed by atoms with Crippen molar-refractivity contribution in [1.82, 2.24) is 9.80 Å². The second kappa shape index (κ2) is 8.77. The maximum atomic E-state index is 12.1. The Morgan fingerprint density at radius 1 is 0.960 bits per heavy atom. The normalized spacial score (nSPS) is 22.6. The highest BCUT2D eigenvalue weighted by molar-refractivity contribution is 5.68. The predicted molar refractivity (Wildman–Crippen MR) is 96.5 cm³/mol. The van der Waals surface area contributed by atoms with E-state index in [2.05, 4.69) is 0 Å². The third kappa shape index (κ3) is 6.40. The SMILES string of the molecule is CCOC(=O)N1CCC[C@H](CC2CCN(C(=O)OC(C)(C)C)CC2)C1. The van der Waals surface area contributed by atoms with Crippen LogP contribution >= 0.6 is 0 Å². The first-order valence-corrected chi connectivity index (χ1v) is 9.68. The monoisotopic (exact) mass is 354 g/mol. The van der Waals surface area contributed by atoms with Crippen LogP contribution in [0.5, 0.6) is 0 Å². The highest BCUT2D eigenvalue weighted by Gasteiger charge is 2.30.